The lowest BCUT2D eigenvalue weighted by Crippen LogP contribution is -2.15. The second-order valence-electron chi connectivity index (χ2n) is 10.1. The lowest BCUT2D eigenvalue weighted by atomic mass is 9.82. The predicted octanol–water partition coefficient (Wildman–Crippen LogP) is 8.67. The molecule has 37 heavy (non-hydrogen) atoms. The average molecular weight is 485 g/mol. The van der Waals surface area contributed by atoms with Gasteiger partial charge in [0.15, 0.2) is 5.78 Å². The quantitative estimate of drug-likeness (QED) is 0.257. The van der Waals surface area contributed by atoms with Crippen LogP contribution in [0.3, 0.4) is 0 Å². The molecule has 4 nitrogen and oxygen atoms in total. The number of para-hydroxylation sites is 1. The van der Waals surface area contributed by atoms with Gasteiger partial charge in [-0.1, -0.05) is 75.4 Å². The lowest BCUT2D eigenvalue weighted by Gasteiger charge is -2.24. The van der Waals surface area contributed by atoms with E-state index in [-0.39, 0.29) is 11.2 Å². The Kier molecular flexibility index (Phi) is 5.53. The molecule has 0 aliphatic heterocycles. The molecule has 0 amide bonds. The van der Waals surface area contributed by atoms with E-state index in [9.17, 15) is 4.79 Å². The number of nitrogens with one attached hydrogen (secondary N) is 1. The Morgan fingerprint density at radius 3 is 2.30 bits per heavy atom. The average Bonchev–Trinajstić information content (AvgIpc) is 2.93. The van der Waals surface area contributed by atoms with Crippen LogP contribution in [-0.2, 0) is 5.41 Å². The molecule has 1 aromatic heterocycles. The number of hydrogen-bond donors (Lipinski definition) is 1. The molecule has 4 aromatic carbocycles. The van der Waals surface area contributed by atoms with Crippen LogP contribution in [0.4, 0.5) is 11.4 Å². The maximum Gasteiger partial charge on any atom is 0.196 e. The van der Waals surface area contributed by atoms with Crippen LogP contribution in [0.25, 0.3) is 22.0 Å². The Morgan fingerprint density at radius 1 is 0.865 bits per heavy atom. The Labute approximate surface area is 217 Å². The summed E-state index contributed by atoms with van der Waals surface area (Å²) >= 11 is 0. The smallest absolute Gasteiger partial charge is 0.196 e. The first-order chi connectivity index (χ1) is 18.0. The van der Waals surface area contributed by atoms with Crippen molar-refractivity contribution in [2.45, 2.75) is 32.6 Å². The molecule has 182 valence electrons. The summed E-state index contributed by atoms with van der Waals surface area (Å²) in [5.74, 6) is 1.41. The molecule has 0 unspecified atom stereocenters. The third-order valence-electron chi connectivity index (χ3n) is 7.47. The molecule has 0 spiro atoms. The molecule has 0 bridgehead atoms. The number of fused-ring (bicyclic) bond motifs is 2. The third kappa shape index (κ3) is 3.95. The zero-order valence-electron chi connectivity index (χ0n) is 21.2. The molecule has 5 aromatic rings. The second-order valence-corrected chi connectivity index (χ2v) is 10.1. The van der Waals surface area contributed by atoms with Gasteiger partial charge in [-0.2, -0.15) is 0 Å². The van der Waals surface area contributed by atoms with E-state index in [0.717, 1.165) is 39.9 Å². The van der Waals surface area contributed by atoms with Crippen molar-refractivity contribution < 1.29 is 9.53 Å². The summed E-state index contributed by atoms with van der Waals surface area (Å²) in [7, 11) is 0. The molecule has 1 N–H and O–H groups in total. The van der Waals surface area contributed by atoms with Crippen LogP contribution in [0.1, 0.15) is 48.7 Å². The highest BCUT2D eigenvalue weighted by Gasteiger charge is 2.30. The molecule has 1 heterocycles. The van der Waals surface area contributed by atoms with E-state index in [4.69, 9.17) is 9.72 Å². The summed E-state index contributed by atoms with van der Waals surface area (Å²) in [5, 5.41) is 5.14. The molecule has 1 aliphatic rings. The highest BCUT2D eigenvalue weighted by Crippen LogP contribution is 2.46. The van der Waals surface area contributed by atoms with Gasteiger partial charge in [0.2, 0.25) is 0 Å². The van der Waals surface area contributed by atoms with Gasteiger partial charge in [-0.15, -0.1) is 0 Å². The standard InChI is InChI=1S/C33H28N2O2/c1-4-33(2,3)21-14-16-23(17-15-21)37-28-20-27(35-22-10-6-5-7-11-22)30-29-26(28)18-19-34-31(29)24-12-8-9-13-25(24)32(30)36/h5-20,35H,4H2,1-3H3. The van der Waals surface area contributed by atoms with Crippen LogP contribution in [-0.4, -0.2) is 10.8 Å². The molecule has 0 atom stereocenters. The number of anilines is 2. The second kappa shape index (κ2) is 8.90. The largest absolute Gasteiger partial charge is 0.457 e. The van der Waals surface area contributed by atoms with Crippen molar-refractivity contribution in [3.8, 4) is 22.8 Å². The normalized spacial score (nSPS) is 12.4. The van der Waals surface area contributed by atoms with Gasteiger partial charge in [0.05, 0.1) is 16.9 Å². The number of nitrogens with zero attached hydrogens (tertiary/aromatic N) is 1. The van der Waals surface area contributed by atoms with Gasteiger partial charge in [0.1, 0.15) is 11.5 Å². The van der Waals surface area contributed by atoms with Gasteiger partial charge >= 0.3 is 0 Å². The zero-order valence-corrected chi connectivity index (χ0v) is 21.2. The molecular formula is C33H28N2O2. The first-order valence-electron chi connectivity index (χ1n) is 12.7. The van der Waals surface area contributed by atoms with E-state index >= 15 is 0 Å². The highest BCUT2D eigenvalue weighted by molar-refractivity contribution is 6.28. The maximum atomic E-state index is 13.8. The van der Waals surface area contributed by atoms with Crippen LogP contribution >= 0.6 is 0 Å². The minimum Gasteiger partial charge on any atom is -0.457 e. The van der Waals surface area contributed by atoms with Gasteiger partial charge < -0.3 is 10.1 Å². The van der Waals surface area contributed by atoms with E-state index in [2.05, 4.69) is 38.2 Å². The Hall–Kier alpha value is -4.44. The van der Waals surface area contributed by atoms with Gasteiger partial charge in [-0.25, -0.2) is 0 Å². The summed E-state index contributed by atoms with van der Waals surface area (Å²) in [5.41, 5.74) is 5.90. The molecule has 0 saturated carbocycles. The Morgan fingerprint density at radius 2 is 1.57 bits per heavy atom. The molecule has 1 aliphatic carbocycles. The van der Waals surface area contributed by atoms with E-state index in [0.29, 0.717) is 22.6 Å². The molecular weight excluding hydrogens is 456 g/mol. The minimum absolute atomic E-state index is 0.0165. The van der Waals surface area contributed by atoms with E-state index in [1.54, 1.807) is 6.20 Å². The number of benzene rings is 4. The van der Waals surface area contributed by atoms with E-state index in [1.807, 2.05) is 78.9 Å². The Bertz CT molecular complexity index is 1640. The van der Waals surface area contributed by atoms with Crippen molar-refractivity contribution in [2.24, 2.45) is 0 Å². The van der Waals surface area contributed by atoms with Crippen LogP contribution in [0.5, 0.6) is 11.5 Å². The van der Waals surface area contributed by atoms with Crippen LogP contribution in [0.15, 0.2) is 97.2 Å². The number of hydrogen-bond acceptors (Lipinski definition) is 4. The van der Waals surface area contributed by atoms with E-state index in [1.165, 1.54) is 5.56 Å². The van der Waals surface area contributed by atoms with Gasteiger partial charge in [-0.05, 0) is 47.7 Å². The van der Waals surface area contributed by atoms with Crippen LogP contribution in [0, 0.1) is 0 Å². The maximum absolute atomic E-state index is 13.8. The summed E-state index contributed by atoms with van der Waals surface area (Å²) in [4.78, 5) is 18.5. The van der Waals surface area contributed by atoms with Crippen molar-refractivity contribution >= 4 is 27.9 Å². The van der Waals surface area contributed by atoms with Crippen molar-refractivity contribution in [3.05, 3.63) is 114 Å². The van der Waals surface area contributed by atoms with Crippen molar-refractivity contribution in [1.82, 2.24) is 4.98 Å². The predicted molar refractivity (Wildman–Crippen MR) is 150 cm³/mol. The molecule has 0 fully saturated rings. The number of ketones is 1. The van der Waals surface area contributed by atoms with Gasteiger partial charge in [-0.3, -0.25) is 9.78 Å². The fourth-order valence-corrected chi connectivity index (χ4v) is 4.96. The van der Waals surface area contributed by atoms with Gasteiger partial charge in [0.25, 0.3) is 0 Å². The van der Waals surface area contributed by atoms with Crippen LogP contribution in [0.2, 0.25) is 0 Å². The lowest BCUT2D eigenvalue weighted by molar-refractivity contribution is 0.104. The molecule has 0 radical (unpaired) electrons. The number of aromatic nitrogens is 1. The SMILES string of the molecule is CCC(C)(C)c1ccc(Oc2cc(Nc3ccccc3)c3c4c(nccc24)-c2ccccc2C3=O)cc1. The highest BCUT2D eigenvalue weighted by atomic mass is 16.5. The summed E-state index contributed by atoms with van der Waals surface area (Å²) in [6, 6.07) is 29.7. The number of carbonyl (C=O) groups excluding carboxylic acids is 1. The molecule has 4 heteroatoms. The van der Waals surface area contributed by atoms with Crippen molar-refractivity contribution in [1.29, 1.82) is 0 Å². The minimum atomic E-state index is -0.0165. The zero-order chi connectivity index (χ0) is 25.6. The fraction of sp³-hybridized carbons (Fsp3) is 0.152. The third-order valence-corrected chi connectivity index (χ3v) is 7.47. The topological polar surface area (TPSA) is 51.2 Å². The van der Waals surface area contributed by atoms with Crippen molar-refractivity contribution in [3.63, 3.8) is 0 Å². The van der Waals surface area contributed by atoms with Gasteiger partial charge in [0, 0.05) is 39.8 Å². The number of pyridine rings is 1. The fourth-order valence-electron chi connectivity index (χ4n) is 4.96. The molecule has 6 rings (SSSR count). The summed E-state index contributed by atoms with van der Waals surface area (Å²) < 4.78 is 6.49. The molecule has 0 saturated heterocycles. The summed E-state index contributed by atoms with van der Waals surface area (Å²) in [6.45, 7) is 6.70. The number of carbonyl (C=O) groups is 1. The first kappa shape index (κ1) is 23.0. The Balaban J connectivity index is 1.54. The number of rotatable bonds is 6. The number of ether oxygens (including phenoxy) is 1. The van der Waals surface area contributed by atoms with E-state index < -0.39 is 0 Å². The summed E-state index contributed by atoms with van der Waals surface area (Å²) in [6.07, 6.45) is 2.84. The monoisotopic (exact) mass is 484 g/mol. The first-order valence-corrected chi connectivity index (χ1v) is 12.7. The van der Waals surface area contributed by atoms with Crippen LogP contribution < -0.4 is 10.1 Å². The van der Waals surface area contributed by atoms with Crippen molar-refractivity contribution in [2.75, 3.05) is 5.32 Å².